The highest BCUT2D eigenvalue weighted by molar-refractivity contribution is 7.93. The molecule has 0 fully saturated rings. The first-order valence-corrected chi connectivity index (χ1v) is 10.6. The normalized spacial score (nSPS) is 11.1. The van der Waals surface area contributed by atoms with Gasteiger partial charge in [0.25, 0.3) is 15.9 Å². The van der Waals surface area contributed by atoms with Gasteiger partial charge in [-0.05, 0) is 68.3 Å². The number of benzene rings is 3. The molecule has 0 atom stereocenters. The number of rotatable bonds is 6. The quantitative estimate of drug-likeness (QED) is 0.605. The van der Waals surface area contributed by atoms with Crippen LogP contribution in [0, 0.1) is 20.8 Å². The zero-order chi connectivity index (χ0) is 21.0. The van der Waals surface area contributed by atoms with E-state index in [-0.39, 0.29) is 10.6 Å². The number of anilines is 1. The molecular formula is C23H23NO4S. The average Bonchev–Trinajstić information content (AvgIpc) is 2.68. The Labute approximate surface area is 171 Å². The summed E-state index contributed by atoms with van der Waals surface area (Å²) in [5, 5.41) is 0. The largest absolute Gasteiger partial charge is 0.484 e. The number of aryl methyl sites for hydroxylation is 3. The maximum atomic E-state index is 13.2. The van der Waals surface area contributed by atoms with Gasteiger partial charge in [0, 0.05) is 0 Å². The maximum Gasteiger partial charge on any atom is 0.278 e. The van der Waals surface area contributed by atoms with Gasteiger partial charge in [-0.1, -0.05) is 42.0 Å². The molecule has 3 aromatic rings. The van der Waals surface area contributed by atoms with Crippen LogP contribution in [0.4, 0.5) is 5.69 Å². The van der Waals surface area contributed by atoms with E-state index in [1.807, 2.05) is 39.0 Å². The third-order valence-electron chi connectivity index (χ3n) is 4.33. The van der Waals surface area contributed by atoms with Crippen molar-refractivity contribution in [3.63, 3.8) is 0 Å². The van der Waals surface area contributed by atoms with Gasteiger partial charge < -0.3 is 4.74 Å². The molecule has 0 heterocycles. The van der Waals surface area contributed by atoms with Gasteiger partial charge in [-0.3, -0.25) is 4.79 Å². The van der Waals surface area contributed by atoms with E-state index in [9.17, 15) is 13.2 Å². The molecule has 6 heteroatoms. The summed E-state index contributed by atoms with van der Waals surface area (Å²) in [5.74, 6) is -0.145. The Morgan fingerprint density at radius 3 is 2.00 bits per heavy atom. The molecule has 0 radical (unpaired) electrons. The van der Waals surface area contributed by atoms with E-state index in [2.05, 4.69) is 0 Å². The lowest BCUT2D eigenvalue weighted by molar-refractivity contribution is -0.119. The average molecular weight is 410 g/mol. The van der Waals surface area contributed by atoms with Gasteiger partial charge in [0.2, 0.25) is 0 Å². The summed E-state index contributed by atoms with van der Waals surface area (Å²) in [6, 6.07) is 20.3. The Morgan fingerprint density at radius 2 is 1.41 bits per heavy atom. The Morgan fingerprint density at radius 1 is 0.828 bits per heavy atom. The van der Waals surface area contributed by atoms with Gasteiger partial charge in [-0.2, -0.15) is 4.31 Å². The molecular weight excluding hydrogens is 386 g/mol. The zero-order valence-electron chi connectivity index (χ0n) is 16.6. The standard InChI is InChI=1S/C23H23NO4S/c1-17-9-11-20(12-10-17)24(29(26,27)22-7-5-4-6-8-22)23(25)16-28-21-14-18(2)13-19(3)15-21/h4-15H,16H2,1-3H3. The molecule has 0 aliphatic heterocycles. The van der Waals surface area contributed by atoms with Gasteiger partial charge in [-0.15, -0.1) is 0 Å². The van der Waals surface area contributed by atoms with Crippen molar-refractivity contribution < 1.29 is 17.9 Å². The van der Waals surface area contributed by atoms with Crippen LogP contribution in [0.15, 0.2) is 77.7 Å². The first-order valence-electron chi connectivity index (χ1n) is 9.18. The highest BCUT2D eigenvalue weighted by Crippen LogP contribution is 2.25. The minimum Gasteiger partial charge on any atom is -0.484 e. The van der Waals surface area contributed by atoms with Crippen molar-refractivity contribution in [2.24, 2.45) is 0 Å². The monoisotopic (exact) mass is 409 g/mol. The molecule has 3 rings (SSSR count). The number of carbonyl (C=O) groups is 1. The Balaban J connectivity index is 1.94. The highest BCUT2D eigenvalue weighted by Gasteiger charge is 2.31. The number of sulfonamides is 1. The molecule has 0 unspecified atom stereocenters. The molecule has 0 saturated heterocycles. The van der Waals surface area contributed by atoms with Gasteiger partial charge in [0.05, 0.1) is 10.6 Å². The van der Waals surface area contributed by atoms with Crippen LogP contribution in [-0.4, -0.2) is 20.9 Å². The predicted molar refractivity (Wildman–Crippen MR) is 114 cm³/mol. The fourth-order valence-corrected chi connectivity index (χ4v) is 4.45. The summed E-state index contributed by atoms with van der Waals surface area (Å²) >= 11 is 0. The Hall–Kier alpha value is -3.12. The molecule has 0 bridgehead atoms. The summed E-state index contributed by atoms with van der Waals surface area (Å²) < 4.78 is 32.9. The third-order valence-corrected chi connectivity index (χ3v) is 6.10. The molecule has 0 N–H and O–H groups in total. The number of hydrogen-bond donors (Lipinski definition) is 0. The fourth-order valence-electron chi connectivity index (χ4n) is 3.01. The van der Waals surface area contributed by atoms with Crippen LogP contribution in [0.2, 0.25) is 0 Å². The Kier molecular flexibility index (Phi) is 6.03. The second-order valence-electron chi connectivity index (χ2n) is 6.92. The van der Waals surface area contributed by atoms with E-state index in [4.69, 9.17) is 4.74 Å². The van der Waals surface area contributed by atoms with Gasteiger partial charge in [0.15, 0.2) is 6.61 Å². The number of ether oxygens (including phenoxy) is 1. The van der Waals surface area contributed by atoms with E-state index < -0.39 is 22.5 Å². The number of amides is 1. The first kappa shape index (κ1) is 20.6. The predicted octanol–water partition coefficient (Wildman–Crippen LogP) is 4.41. The molecule has 0 aliphatic rings. The van der Waals surface area contributed by atoms with Gasteiger partial charge in [-0.25, -0.2) is 8.42 Å². The van der Waals surface area contributed by atoms with E-state index in [1.165, 1.54) is 12.1 Å². The van der Waals surface area contributed by atoms with Crippen molar-refractivity contribution in [3.8, 4) is 5.75 Å². The first-order chi connectivity index (χ1) is 13.8. The molecule has 0 saturated carbocycles. The molecule has 3 aromatic carbocycles. The van der Waals surface area contributed by atoms with Crippen LogP contribution in [0.1, 0.15) is 16.7 Å². The van der Waals surface area contributed by atoms with Crippen LogP contribution in [0.5, 0.6) is 5.75 Å². The lowest BCUT2D eigenvalue weighted by atomic mass is 10.1. The van der Waals surface area contributed by atoms with Crippen molar-refractivity contribution in [1.29, 1.82) is 0 Å². The summed E-state index contributed by atoms with van der Waals surface area (Å²) in [6.07, 6.45) is 0. The second-order valence-corrected chi connectivity index (χ2v) is 8.71. The minimum absolute atomic E-state index is 0.0420. The number of hydrogen-bond acceptors (Lipinski definition) is 4. The number of nitrogens with zero attached hydrogens (tertiary/aromatic N) is 1. The van der Waals surface area contributed by atoms with Crippen LogP contribution in [-0.2, 0) is 14.8 Å². The van der Waals surface area contributed by atoms with Gasteiger partial charge >= 0.3 is 0 Å². The smallest absolute Gasteiger partial charge is 0.278 e. The van der Waals surface area contributed by atoms with Crippen LogP contribution >= 0.6 is 0 Å². The summed E-state index contributed by atoms with van der Waals surface area (Å²) in [6.45, 7) is 5.36. The van der Waals surface area contributed by atoms with E-state index in [0.717, 1.165) is 21.0 Å². The number of carbonyl (C=O) groups excluding carboxylic acids is 1. The second kappa shape index (κ2) is 8.49. The SMILES string of the molecule is Cc1ccc(N(C(=O)COc2cc(C)cc(C)c2)S(=O)(=O)c2ccccc2)cc1. The van der Waals surface area contributed by atoms with Crippen LogP contribution < -0.4 is 9.04 Å². The van der Waals surface area contributed by atoms with E-state index >= 15 is 0 Å². The topological polar surface area (TPSA) is 63.7 Å². The van der Waals surface area contributed by atoms with Crippen molar-refractivity contribution in [1.82, 2.24) is 0 Å². The Bertz CT molecular complexity index is 1090. The van der Waals surface area contributed by atoms with E-state index in [1.54, 1.807) is 42.5 Å². The third kappa shape index (κ3) is 4.84. The van der Waals surface area contributed by atoms with Crippen molar-refractivity contribution >= 4 is 21.6 Å². The highest BCUT2D eigenvalue weighted by atomic mass is 32.2. The maximum absolute atomic E-state index is 13.2. The lowest BCUT2D eigenvalue weighted by Gasteiger charge is -2.23. The van der Waals surface area contributed by atoms with Crippen LogP contribution in [0.3, 0.4) is 0 Å². The molecule has 1 amide bonds. The minimum atomic E-state index is -4.08. The summed E-state index contributed by atoms with van der Waals surface area (Å²) in [7, 11) is -4.08. The molecule has 150 valence electrons. The molecule has 0 aliphatic carbocycles. The van der Waals surface area contributed by atoms with Crippen molar-refractivity contribution in [2.75, 3.05) is 10.9 Å². The zero-order valence-corrected chi connectivity index (χ0v) is 17.4. The molecule has 5 nitrogen and oxygen atoms in total. The van der Waals surface area contributed by atoms with E-state index in [0.29, 0.717) is 5.75 Å². The van der Waals surface area contributed by atoms with Gasteiger partial charge in [0.1, 0.15) is 5.75 Å². The molecule has 0 aromatic heterocycles. The fraction of sp³-hybridized carbons (Fsp3) is 0.174. The summed E-state index contributed by atoms with van der Waals surface area (Å²) in [5.41, 5.74) is 3.23. The molecule has 0 spiro atoms. The van der Waals surface area contributed by atoms with Crippen molar-refractivity contribution in [2.45, 2.75) is 25.7 Å². The summed E-state index contributed by atoms with van der Waals surface area (Å²) in [4.78, 5) is 13.1. The van der Waals surface area contributed by atoms with Crippen LogP contribution in [0.25, 0.3) is 0 Å². The lowest BCUT2D eigenvalue weighted by Crippen LogP contribution is -2.40. The molecule has 29 heavy (non-hydrogen) atoms. The van der Waals surface area contributed by atoms with Crippen molar-refractivity contribution in [3.05, 3.63) is 89.5 Å².